The zero-order chi connectivity index (χ0) is 14.4. The first kappa shape index (κ1) is 15.6. The average molecular weight is 284 g/mol. The molecule has 0 aromatic carbocycles. The Hall–Kier alpha value is -0.810. The number of carbonyl (C=O) groups excluding carboxylic acids is 1. The van der Waals surface area contributed by atoms with Gasteiger partial charge in [0, 0.05) is 32.2 Å². The first-order valence-corrected chi connectivity index (χ1v) is 7.99. The Bertz CT molecular complexity index is 303. The molecule has 0 spiro atoms. The van der Waals surface area contributed by atoms with Gasteiger partial charge in [-0.3, -0.25) is 0 Å². The fourth-order valence-corrected chi connectivity index (χ4v) is 3.08. The fraction of sp³-hybridized carbons (Fsp3) is 0.933. The summed E-state index contributed by atoms with van der Waals surface area (Å²) in [6.07, 6.45) is 6.39. The van der Waals surface area contributed by atoms with Crippen molar-refractivity contribution in [3.05, 3.63) is 0 Å². The third-order valence-electron chi connectivity index (χ3n) is 4.44. The molecule has 2 aliphatic heterocycles. The first-order chi connectivity index (χ1) is 9.66. The molecule has 0 aliphatic carbocycles. The summed E-state index contributed by atoms with van der Waals surface area (Å²) in [6.45, 7) is 4.82. The van der Waals surface area contributed by atoms with Gasteiger partial charge in [-0.25, -0.2) is 4.79 Å². The van der Waals surface area contributed by atoms with Crippen LogP contribution < -0.4 is 5.32 Å². The molecule has 5 heteroatoms. The van der Waals surface area contributed by atoms with Gasteiger partial charge in [0.1, 0.15) is 0 Å². The summed E-state index contributed by atoms with van der Waals surface area (Å²) in [4.78, 5) is 13.9. The highest BCUT2D eigenvalue weighted by atomic mass is 16.5. The standard InChI is InChI=1S/C15H28N2O3/c1-12(18)13-5-4-9-17(11-13)15(19)16-8-7-14-6-2-3-10-20-14/h12-14,18H,2-11H2,1H3,(H,16,19). The molecule has 116 valence electrons. The molecule has 5 nitrogen and oxygen atoms in total. The molecular formula is C15H28N2O3. The third kappa shape index (κ3) is 4.63. The van der Waals surface area contributed by atoms with Crippen LogP contribution in [0.4, 0.5) is 4.79 Å². The zero-order valence-electron chi connectivity index (χ0n) is 12.5. The molecule has 0 saturated carbocycles. The summed E-state index contributed by atoms with van der Waals surface area (Å²) in [5.41, 5.74) is 0. The second kappa shape index (κ2) is 7.84. The van der Waals surface area contributed by atoms with E-state index in [1.54, 1.807) is 0 Å². The molecule has 0 aromatic heterocycles. The molecule has 3 unspecified atom stereocenters. The Morgan fingerprint density at radius 2 is 2.25 bits per heavy atom. The molecule has 2 fully saturated rings. The Labute approximate surface area is 121 Å². The average Bonchev–Trinajstić information content (AvgIpc) is 2.48. The van der Waals surface area contributed by atoms with E-state index in [0.29, 0.717) is 19.2 Å². The van der Waals surface area contributed by atoms with Crippen LogP contribution in [-0.2, 0) is 4.74 Å². The maximum atomic E-state index is 12.1. The first-order valence-electron chi connectivity index (χ1n) is 7.99. The number of amides is 2. The summed E-state index contributed by atoms with van der Waals surface area (Å²) >= 11 is 0. The van der Waals surface area contributed by atoms with Crippen LogP contribution in [0.1, 0.15) is 45.4 Å². The Morgan fingerprint density at radius 1 is 1.40 bits per heavy atom. The van der Waals surface area contributed by atoms with Gasteiger partial charge in [-0.1, -0.05) is 0 Å². The Morgan fingerprint density at radius 3 is 2.95 bits per heavy atom. The van der Waals surface area contributed by atoms with E-state index in [9.17, 15) is 9.90 Å². The number of hydrogen-bond donors (Lipinski definition) is 2. The van der Waals surface area contributed by atoms with Crippen molar-refractivity contribution in [2.75, 3.05) is 26.2 Å². The van der Waals surface area contributed by atoms with Gasteiger partial charge in [0.05, 0.1) is 12.2 Å². The van der Waals surface area contributed by atoms with Crippen molar-refractivity contribution < 1.29 is 14.6 Å². The number of likely N-dealkylation sites (tertiary alicyclic amines) is 1. The molecule has 0 radical (unpaired) electrons. The number of aliphatic hydroxyl groups excluding tert-OH is 1. The topological polar surface area (TPSA) is 61.8 Å². The number of hydrogen-bond acceptors (Lipinski definition) is 3. The van der Waals surface area contributed by atoms with Crippen LogP contribution >= 0.6 is 0 Å². The van der Waals surface area contributed by atoms with Crippen molar-refractivity contribution in [2.45, 2.75) is 57.7 Å². The lowest BCUT2D eigenvalue weighted by Gasteiger charge is -2.34. The number of nitrogens with one attached hydrogen (secondary N) is 1. The van der Waals surface area contributed by atoms with Crippen LogP contribution in [0.15, 0.2) is 0 Å². The molecule has 2 heterocycles. The van der Waals surface area contributed by atoms with Crippen molar-refractivity contribution in [1.82, 2.24) is 10.2 Å². The van der Waals surface area contributed by atoms with Crippen molar-refractivity contribution in [1.29, 1.82) is 0 Å². The number of rotatable bonds is 4. The number of piperidine rings is 1. The smallest absolute Gasteiger partial charge is 0.317 e. The van der Waals surface area contributed by atoms with Crippen molar-refractivity contribution in [3.8, 4) is 0 Å². The highest BCUT2D eigenvalue weighted by Crippen LogP contribution is 2.19. The van der Waals surface area contributed by atoms with E-state index in [-0.39, 0.29) is 18.1 Å². The van der Waals surface area contributed by atoms with Gasteiger partial charge >= 0.3 is 6.03 Å². The normalized spacial score (nSPS) is 29.0. The lowest BCUT2D eigenvalue weighted by molar-refractivity contribution is 0.0117. The van der Waals surface area contributed by atoms with Gasteiger partial charge in [0.25, 0.3) is 0 Å². The minimum Gasteiger partial charge on any atom is -0.393 e. The molecule has 2 amide bonds. The quantitative estimate of drug-likeness (QED) is 0.827. The largest absolute Gasteiger partial charge is 0.393 e. The van der Waals surface area contributed by atoms with Gasteiger partial charge in [0.15, 0.2) is 0 Å². The summed E-state index contributed by atoms with van der Waals surface area (Å²) in [7, 11) is 0. The summed E-state index contributed by atoms with van der Waals surface area (Å²) in [5.74, 6) is 0.219. The molecule has 3 atom stereocenters. The van der Waals surface area contributed by atoms with Gasteiger partial charge in [0.2, 0.25) is 0 Å². The molecule has 2 rings (SSSR count). The predicted molar refractivity (Wildman–Crippen MR) is 77.6 cm³/mol. The van der Waals surface area contributed by atoms with E-state index < -0.39 is 0 Å². The fourth-order valence-electron chi connectivity index (χ4n) is 3.08. The predicted octanol–water partition coefficient (Wildman–Crippen LogP) is 1.75. The number of ether oxygens (including phenoxy) is 1. The molecule has 0 bridgehead atoms. The highest BCUT2D eigenvalue weighted by molar-refractivity contribution is 5.74. The molecule has 2 N–H and O–H groups in total. The van der Waals surface area contributed by atoms with Crippen molar-refractivity contribution >= 4 is 6.03 Å². The monoisotopic (exact) mass is 284 g/mol. The third-order valence-corrected chi connectivity index (χ3v) is 4.44. The van der Waals surface area contributed by atoms with Crippen LogP contribution in [0.25, 0.3) is 0 Å². The van der Waals surface area contributed by atoms with E-state index in [4.69, 9.17) is 4.74 Å². The summed E-state index contributed by atoms with van der Waals surface area (Å²) in [6, 6.07) is 0.00570. The number of carbonyl (C=O) groups is 1. The van der Waals surface area contributed by atoms with Gasteiger partial charge in [-0.05, 0) is 45.4 Å². The summed E-state index contributed by atoms with van der Waals surface area (Å²) < 4.78 is 5.66. The Kier molecular flexibility index (Phi) is 6.10. The molecule has 0 aromatic rings. The number of aliphatic hydroxyl groups is 1. The van der Waals surface area contributed by atoms with E-state index in [2.05, 4.69) is 5.32 Å². The minimum atomic E-state index is -0.332. The molecular weight excluding hydrogens is 256 g/mol. The van der Waals surface area contributed by atoms with E-state index in [1.807, 2.05) is 11.8 Å². The van der Waals surface area contributed by atoms with Crippen LogP contribution in [-0.4, -0.2) is 54.5 Å². The van der Waals surface area contributed by atoms with Crippen LogP contribution in [0.2, 0.25) is 0 Å². The molecule has 2 aliphatic rings. The lowest BCUT2D eigenvalue weighted by atomic mass is 9.94. The SMILES string of the molecule is CC(O)C1CCCN(C(=O)NCCC2CCCCO2)C1. The van der Waals surface area contributed by atoms with Crippen molar-refractivity contribution in [2.24, 2.45) is 5.92 Å². The molecule has 2 saturated heterocycles. The summed E-state index contributed by atoms with van der Waals surface area (Å²) in [5, 5.41) is 12.6. The number of nitrogens with zero attached hydrogens (tertiary/aromatic N) is 1. The van der Waals surface area contributed by atoms with Crippen LogP contribution in [0.5, 0.6) is 0 Å². The van der Waals surface area contributed by atoms with Gasteiger partial charge in [-0.15, -0.1) is 0 Å². The van der Waals surface area contributed by atoms with Crippen LogP contribution in [0.3, 0.4) is 0 Å². The Balaban J connectivity index is 1.66. The van der Waals surface area contributed by atoms with Gasteiger partial charge < -0.3 is 20.1 Å². The van der Waals surface area contributed by atoms with Crippen molar-refractivity contribution in [3.63, 3.8) is 0 Å². The van der Waals surface area contributed by atoms with E-state index in [1.165, 1.54) is 6.42 Å². The number of urea groups is 1. The van der Waals surface area contributed by atoms with E-state index >= 15 is 0 Å². The second-order valence-corrected chi connectivity index (χ2v) is 6.10. The maximum Gasteiger partial charge on any atom is 0.317 e. The lowest BCUT2D eigenvalue weighted by Crippen LogP contribution is -2.47. The highest BCUT2D eigenvalue weighted by Gasteiger charge is 2.26. The second-order valence-electron chi connectivity index (χ2n) is 6.10. The van der Waals surface area contributed by atoms with Crippen LogP contribution in [0, 0.1) is 5.92 Å². The molecule has 20 heavy (non-hydrogen) atoms. The van der Waals surface area contributed by atoms with E-state index in [0.717, 1.165) is 45.3 Å². The zero-order valence-corrected chi connectivity index (χ0v) is 12.5. The van der Waals surface area contributed by atoms with Gasteiger partial charge in [-0.2, -0.15) is 0 Å². The maximum absolute atomic E-state index is 12.1. The minimum absolute atomic E-state index is 0.00570.